The fourth-order valence-electron chi connectivity index (χ4n) is 5.72. The third kappa shape index (κ3) is 5.07. The van der Waals surface area contributed by atoms with Gasteiger partial charge in [-0.05, 0) is 56.9 Å². The van der Waals surface area contributed by atoms with Gasteiger partial charge in [0.25, 0.3) is 11.8 Å². The average Bonchev–Trinajstić information content (AvgIpc) is 3.58. The van der Waals surface area contributed by atoms with Crippen LogP contribution < -0.4 is 14.8 Å². The van der Waals surface area contributed by atoms with E-state index < -0.39 is 15.9 Å². The highest BCUT2D eigenvalue weighted by Crippen LogP contribution is 2.46. The lowest BCUT2D eigenvalue weighted by atomic mass is 9.74. The van der Waals surface area contributed by atoms with E-state index in [9.17, 15) is 22.4 Å². The predicted octanol–water partition coefficient (Wildman–Crippen LogP) is 3.87. The molecule has 4 aromatic rings. The minimum atomic E-state index is -3.82. The van der Waals surface area contributed by atoms with Crippen molar-refractivity contribution in [3.63, 3.8) is 0 Å². The molecule has 0 bridgehead atoms. The molecule has 1 saturated heterocycles. The minimum Gasteiger partial charge on any atom is -0.489 e. The van der Waals surface area contributed by atoms with Crippen molar-refractivity contribution in [3.8, 4) is 5.75 Å². The summed E-state index contributed by atoms with van der Waals surface area (Å²) >= 11 is 0. The summed E-state index contributed by atoms with van der Waals surface area (Å²) in [5.41, 5.74) is 3.39. The van der Waals surface area contributed by atoms with E-state index in [0.717, 1.165) is 22.4 Å². The summed E-state index contributed by atoms with van der Waals surface area (Å²) in [7, 11) is -3.82. The van der Waals surface area contributed by atoms with E-state index in [0.29, 0.717) is 38.3 Å². The van der Waals surface area contributed by atoms with Gasteiger partial charge in [-0.1, -0.05) is 24.3 Å². The molecule has 0 unspecified atom stereocenters. The number of ether oxygens (including phenoxy) is 1. The lowest BCUT2D eigenvalue weighted by molar-refractivity contribution is 0.0646. The average molecular weight is 607 g/mol. The molecule has 2 aliphatic heterocycles. The number of amides is 2. The van der Waals surface area contributed by atoms with Gasteiger partial charge in [0.15, 0.2) is 17.2 Å². The van der Waals surface area contributed by atoms with E-state index in [-0.39, 0.29) is 45.5 Å². The molecule has 2 aliphatic rings. The third-order valence-electron chi connectivity index (χ3n) is 8.32. The van der Waals surface area contributed by atoms with Crippen molar-refractivity contribution in [3.05, 3.63) is 82.4 Å². The number of hydrogen-bond donors (Lipinski definition) is 2. The molecule has 4 heterocycles. The maximum atomic E-state index is 14.3. The first-order valence-electron chi connectivity index (χ1n) is 14.0. The number of piperidine rings is 1. The van der Waals surface area contributed by atoms with Crippen molar-refractivity contribution in [2.45, 2.75) is 39.0 Å². The largest absolute Gasteiger partial charge is 0.489 e. The molecule has 2 N–H and O–H groups in total. The van der Waals surface area contributed by atoms with Crippen LogP contribution in [0.15, 0.2) is 48.8 Å². The van der Waals surface area contributed by atoms with Gasteiger partial charge in [-0.3, -0.25) is 9.59 Å². The van der Waals surface area contributed by atoms with Crippen LogP contribution in [0, 0.1) is 19.7 Å². The molecule has 13 heteroatoms. The Kier molecular flexibility index (Phi) is 7.07. The molecular weight excluding hydrogens is 575 g/mol. The van der Waals surface area contributed by atoms with Gasteiger partial charge in [-0.25, -0.2) is 22.5 Å². The zero-order valence-electron chi connectivity index (χ0n) is 24.0. The lowest BCUT2D eigenvalue weighted by Gasteiger charge is -2.38. The Labute approximate surface area is 248 Å². The Morgan fingerprint density at radius 2 is 1.86 bits per heavy atom. The van der Waals surface area contributed by atoms with Crippen LogP contribution in [0.1, 0.15) is 57.2 Å². The Hall–Kier alpha value is -4.52. The standard InChI is InChI=1S/C30H31FN6O5S/c1-4-43(40,41)35-28(38)20-16-33-37-26(20)32-15-21(27(37)34-24-14-18(2)8-9-19(24)3)29(39)36-12-10-30(11-13-36)17-42-25-22(30)6-5-7-23(25)31/h5-9,14-16,34H,4,10-13,17H2,1-3H3,(H,35,38). The van der Waals surface area contributed by atoms with Crippen LogP contribution in [0.25, 0.3) is 5.65 Å². The van der Waals surface area contributed by atoms with Crippen molar-refractivity contribution in [1.82, 2.24) is 24.2 Å². The molecule has 0 atom stereocenters. The Balaban J connectivity index is 1.35. The van der Waals surface area contributed by atoms with Crippen LogP contribution in [-0.2, 0) is 15.4 Å². The van der Waals surface area contributed by atoms with Gasteiger partial charge in [0.05, 0.1) is 18.6 Å². The number of anilines is 2. The number of fused-ring (bicyclic) bond motifs is 3. The monoisotopic (exact) mass is 606 g/mol. The summed E-state index contributed by atoms with van der Waals surface area (Å²) in [6.45, 7) is 6.50. The smallest absolute Gasteiger partial charge is 0.270 e. The van der Waals surface area contributed by atoms with E-state index in [4.69, 9.17) is 4.74 Å². The van der Waals surface area contributed by atoms with E-state index in [1.165, 1.54) is 29.9 Å². The van der Waals surface area contributed by atoms with Crippen molar-refractivity contribution in [2.75, 3.05) is 30.8 Å². The molecule has 2 aromatic carbocycles. The fraction of sp³-hybridized carbons (Fsp3) is 0.333. The van der Waals surface area contributed by atoms with Crippen LogP contribution in [0.5, 0.6) is 5.75 Å². The molecule has 0 saturated carbocycles. The summed E-state index contributed by atoms with van der Waals surface area (Å²) < 4.78 is 47.5. The summed E-state index contributed by atoms with van der Waals surface area (Å²) in [5, 5.41) is 7.66. The first-order chi connectivity index (χ1) is 20.5. The number of likely N-dealkylation sites (tertiary alicyclic amines) is 1. The van der Waals surface area contributed by atoms with Crippen LogP contribution in [0.3, 0.4) is 0 Å². The highest BCUT2D eigenvalue weighted by atomic mass is 32.2. The normalized spacial score (nSPS) is 15.8. The molecule has 1 fully saturated rings. The van der Waals surface area contributed by atoms with Gasteiger partial charge in [0.1, 0.15) is 16.9 Å². The van der Waals surface area contributed by atoms with Crippen molar-refractivity contribution in [1.29, 1.82) is 0 Å². The SMILES string of the molecule is CCS(=O)(=O)NC(=O)c1cnn2c(Nc3cc(C)ccc3C)c(C(=O)N3CCC4(CC3)COc3c(F)cccc34)cnc12. The van der Waals surface area contributed by atoms with Crippen molar-refractivity contribution < 1.29 is 27.1 Å². The van der Waals surface area contributed by atoms with E-state index in [1.54, 1.807) is 11.0 Å². The van der Waals surface area contributed by atoms with E-state index in [2.05, 4.69) is 15.4 Å². The van der Waals surface area contributed by atoms with Crippen LogP contribution in [-0.4, -0.2) is 65.2 Å². The maximum Gasteiger partial charge on any atom is 0.270 e. The molecule has 2 amide bonds. The van der Waals surface area contributed by atoms with Gasteiger partial charge in [-0.15, -0.1) is 0 Å². The molecular formula is C30H31FN6O5S. The van der Waals surface area contributed by atoms with Gasteiger partial charge >= 0.3 is 0 Å². The van der Waals surface area contributed by atoms with E-state index in [1.807, 2.05) is 42.8 Å². The van der Waals surface area contributed by atoms with Gasteiger partial charge in [0.2, 0.25) is 10.0 Å². The second kappa shape index (κ2) is 10.6. The summed E-state index contributed by atoms with van der Waals surface area (Å²) in [6, 6.07) is 10.8. The summed E-state index contributed by atoms with van der Waals surface area (Å²) in [5.74, 6) is -1.22. The Morgan fingerprint density at radius 1 is 1.09 bits per heavy atom. The zero-order chi connectivity index (χ0) is 30.5. The number of para-hydroxylation sites is 1. The molecule has 0 aliphatic carbocycles. The number of sulfonamides is 1. The number of carbonyl (C=O) groups is 2. The minimum absolute atomic E-state index is 0.0490. The number of halogens is 1. The van der Waals surface area contributed by atoms with Gasteiger partial charge < -0.3 is 15.0 Å². The second-order valence-electron chi connectivity index (χ2n) is 11.1. The lowest BCUT2D eigenvalue weighted by Crippen LogP contribution is -2.46. The number of rotatable bonds is 6. The Morgan fingerprint density at radius 3 is 2.60 bits per heavy atom. The number of aromatic nitrogens is 3. The molecule has 11 nitrogen and oxygen atoms in total. The Bertz CT molecular complexity index is 1880. The molecule has 6 rings (SSSR count). The van der Waals surface area contributed by atoms with Crippen LogP contribution in [0.2, 0.25) is 0 Å². The zero-order valence-corrected chi connectivity index (χ0v) is 24.8. The first kappa shape index (κ1) is 28.6. The number of carbonyl (C=O) groups excluding carboxylic acids is 2. The van der Waals surface area contributed by atoms with Gasteiger partial charge in [0, 0.05) is 36.0 Å². The highest BCUT2D eigenvalue weighted by molar-refractivity contribution is 7.90. The summed E-state index contributed by atoms with van der Waals surface area (Å²) in [4.78, 5) is 33.0. The highest BCUT2D eigenvalue weighted by Gasteiger charge is 2.45. The number of benzene rings is 2. The molecule has 2 aromatic heterocycles. The van der Waals surface area contributed by atoms with Crippen LogP contribution in [0.4, 0.5) is 15.9 Å². The summed E-state index contributed by atoms with van der Waals surface area (Å²) in [6.07, 6.45) is 3.81. The topological polar surface area (TPSA) is 135 Å². The molecule has 43 heavy (non-hydrogen) atoms. The number of nitrogens with zero attached hydrogens (tertiary/aromatic N) is 4. The maximum absolute atomic E-state index is 14.3. The molecule has 1 spiro atoms. The van der Waals surface area contributed by atoms with Gasteiger partial charge in [-0.2, -0.15) is 9.61 Å². The second-order valence-corrected chi connectivity index (χ2v) is 13.1. The van der Waals surface area contributed by atoms with Crippen molar-refractivity contribution >= 4 is 39.0 Å². The van der Waals surface area contributed by atoms with Crippen LogP contribution >= 0.6 is 0 Å². The van der Waals surface area contributed by atoms with Crippen molar-refractivity contribution in [2.24, 2.45) is 0 Å². The number of aryl methyl sites for hydroxylation is 2. The quantitative estimate of drug-likeness (QED) is 0.338. The molecule has 224 valence electrons. The predicted molar refractivity (Wildman–Crippen MR) is 158 cm³/mol. The number of hydrogen-bond acceptors (Lipinski definition) is 8. The third-order valence-corrected chi connectivity index (χ3v) is 9.57. The first-order valence-corrected chi connectivity index (χ1v) is 15.6. The number of nitrogens with one attached hydrogen (secondary N) is 2. The fourth-order valence-corrected chi connectivity index (χ4v) is 6.25. The molecule has 0 radical (unpaired) electrons. The van der Waals surface area contributed by atoms with E-state index >= 15 is 0 Å².